The van der Waals surface area contributed by atoms with Crippen molar-refractivity contribution in [3.8, 4) is 0 Å². The quantitative estimate of drug-likeness (QED) is 0.442. The predicted molar refractivity (Wildman–Crippen MR) is 90.2 cm³/mol. The van der Waals surface area contributed by atoms with E-state index in [4.69, 9.17) is 4.42 Å². The van der Waals surface area contributed by atoms with E-state index in [2.05, 4.69) is 25.5 Å². The van der Waals surface area contributed by atoms with E-state index in [9.17, 15) is 4.79 Å². The van der Waals surface area contributed by atoms with Crippen LogP contribution in [0.15, 0.2) is 62.8 Å². The molecule has 1 aromatic carbocycles. The van der Waals surface area contributed by atoms with Crippen LogP contribution in [0.25, 0.3) is 10.9 Å². The molecule has 3 aromatic heterocycles. The minimum absolute atomic E-state index is 0.223. The van der Waals surface area contributed by atoms with Crippen LogP contribution >= 0.6 is 23.1 Å². The van der Waals surface area contributed by atoms with Crippen molar-refractivity contribution < 1.29 is 9.21 Å². The smallest absolute Gasteiger partial charge is 0.293 e. The highest BCUT2D eigenvalue weighted by Crippen LogP contribution is 2.34. The van der Waals surface area contributed by atoms with Crippen LogP contribution in [0, 0.1) is 0 Å². The monoisotopic (exact) mass is 355 g/mol. The number of carbonyl (C=O) groups excluding carboxylic acids is 1. The molecule has 0 saturated heterocycles. The Morgan fingerprint density at radius 3 is 2.92 bits per heavy atom. The van der Waals surface area contributed by atoms with Crippen LogP contribution in [0.3, 0.4) is 0 Å². The number of carbonyl (C=O) groups is 1. The molecule has 4 aromatic rings. The minimum atomic E-state index is -0.361. The summed E-state index contributed by atoms with van der Waals surface area (Å²) >= 11 is 2.65. The number of hydrogen-bond acceptors (Lipinski definition) is 8. The normalized spacial score (nSPS) is 10.8. The van der Waals surface area contributed by atoms with Gasteiger partial charge in [-0.2, -0.15) is 0 Å². The fraction of sp³-hybridized carbons (Fsp3) is 0. The third-order valence-electron chi connectivity index (χ3n) is 3.06. The van der Waals surface area contributed by atoms with Gasteiger partial charge in [0.25, 0.3) is 5.91 Å². The summed E-state index contributed by atoms with van der Waals surface area (Å²) in [4.78, 5) is 20.5. The lowest BCUT2D eigenvalue weighted by Gasteiger charge is -2.01. The molecule has 0 aliphatic heterocycles. The maximum Gasteiger partial charge on any atom is 0.293 e. The second kappa shape index (κ2) is 6.38. The average Bonchev–Trinajstić information content (AvgIpc) is 3.27. The number of fused-ring (bicyclic) bond motifs is 1. The van der Waals surface area contributed by atoms with Crippen molar-refractivity contribution in [2.45, 2.75) is 9.37 Å². The largest absolute Gasteiger partial charge is 0.459 e. The van der Waals surface area contributed by atoms with Gasteiger partial charge in [-0.15, -0.1) is 10.2 Å². The summed E-state index contributed by atoms with van der Waals surface area (Å²) in [5.74, 6) is -0.138. The third kappa shape index (κ3) is 2.99. The van der Waals surface area contributed by atoms with Crippen LogP contribution in [0.4, 0.5) is 5.13 Å². The highest BCUT2D eigenvalue weighted by molar-refractivity contribution is 8.01. The molecule has 24 heavy (non-hydrogen) atoms. The Bertz CT molecular complexity index is 995. The Morgan fingerprint density at radius 1 is 1.12 bits per heavy atom. The number of aromatic nitrogens is 4. The van der Waals surface area contributed by atoms with Gasteiger partial charge in [0.1, 0.15) is 11.4 Å². The molecule has 0 radical (unpaired) electrons. The number of nitrogens with zero attached hydrogens (tertiary/aromatic N) is 4. The van der Waals surface area contributed by atoms with Crippen LogP contribution in [-0.2, 0) is 0 Å². The number of benzene rings is 1. The summed E-state index contributed by atoms with van der Waals surface area (Å²) in [6, 6.07) is 11.0. The van der Waals surface area contributed by atoms with Gasteiger partial charge in [0.05, 0.1) is 11.8 Å². The summed E-state index contributed by atoms with van der Waals surface area (Å²) in [5, 5.41) is 12.8. The Morgan fingerprint density at radius 2 is 2.04 bits per heavy atom. The van der Waals surface area contributed by atoms with Gasteiger partial charge >= 0.3 is 0 Å². The number of rotatable bonds is 4. The lowest BCUT2D eigenvalue weighted by molar-refractivity contribution is 0.0996. The predicted octanol–water partition coefficient (Wildman–Crippen LogP) is 3.48. The molecule has 0 spiro atoms. The summed E-state index contributed by atoms with van der Waals surface area (Å²) in [5.41, 5.74) is 0.867. The zero-order valence-corrected chi connectivity index (χ0v) is 13.7. The summed E-state index contributed by atoms with van der Waals surface area (Å²) in [6.07, 6.45) is 2.96. The van der Waals surface area contributed by atoms with Crippen molar-refractivity contribution in [2.75, 3.05) is 5.32 Å². The fourth-order valence-corrected chi connectivity index (χ4v) is 3.75. The van der Waals surface area contributed by atoms with Gasteiger partial charge < -0.3 is 4.42 Å². The molecule has 4 rings (SSSR count). The van der Waals surface area contributed by atoms with Crippen molar-refractivity contribution in [1.29, 1.82) is 0 Å². The van der Waals surface area contributed by atoms with E-state index in [1.165, 1.54) is 35.7 Å². The number of para-hydroxylation sites is 1. The van der Waals surface area contributed by atoms with Crippen molar-refractivity contribution in [3.05, 3.63) is 54.7 Å². The summed E-state index contributed by atoms with van der Waals surface area (Å²) in [7, 11) is 0. The fourth-order valence-electron chi connectivity index (χ4n) is 2.01. The van der Waals surface area contributed by atoms with Crippen LogP contribution < -0.4 is 5.32 Å². The zero-order chi connectivity index (χ0) is 16.4. The Balaban J connectivity index is 1.54. The molecule has 0 bridgehead atoms. The zero-order valence-electron chi connectivity index (χ0n) is 12.0. The topological polar surface area (TPSA) is 93.8 Å². The number of hydrogen-bond donors (Lipinski definition) is 1. The molecule has 1 amide bonds. The molecule has 0 aliphatic carbocycles. The Labute approximate surface area is 144 Å². The molecular formula is C15H9N5O2S2. The average molecular weight is 355 g/mol. The molecule has 1 N–H and O–H groups in total. The molecule has 0 fully saturated rings. The van der Waals surface area contributed by atoms with Gasteiger partial charge in [0.2, 0.25) is 5.13 Å². The molecule has 0 unspecified atom stereocenters. The van der Waals surface area contributed by atoms with Crippen molar-refractivity contribution in [3.63, 3.8) is 0 Å². The van der Waals surface area contributed by atoms with Gasteiger partial charge in [0, 0.05) is 5.39 Å². The lowest BCUT2D eigenvalue weighted by Crippen LogP contribution is -2.10. The van der Waals surface area contributed by atoms with E-state index in [1.54, 1.807) is 12.1 Å². The van der Waals surface area contributed by atoms with E-state index in [0.29, 0.717) is 9.47 Å². The Kier molecular flexibility index (Phi) is 3.93. The number of nitrogens with one attached hydrogen (secondary N) is 1. The first-order valence-electron chi connectivity index (χ1n) is 6.85. The highest BCUT2D eigenvalue weighted by Gasteiger charge is 2.14. The SMILES string of the molecule is O=C(Nc1nnc(Sc2ncnc3ccccc23)s1)c1ccco1. The lowest BCUT2D eigenvalue weighted by atomic mass is 10.2. The molecule has 9 heteroatoms. The van der Waals surface area contributed by atoms with E-state index in [-0.39, 0.29) is 11.7 Å². The maximum absolute atomic E-state index is 11.9. The van der Waals surface area contributed by atoms with E-state index in [1.807, 2.05) is 24.3 Å². The number of amides is 1. The standard InChI is InChI=1S/C15H9N5O2S2/c21-12(11-6-3-7-22-11)18-14-19-20-15(24-14)23-13-9-4-1-2-5-10(9)16-8-17-13/h1-8H,(H,18,19,21). The van der Waals surface area contributed by atoms with Crippen LogP contribution in [0.5, 0.6) is 0 Å². The maximum atomic E-state index is 11.9. The number of anilines is 1. The molecule has 118 valence electrons. The molecule has 0 aliphatic rings. The molecule has 7 nitrogen and oxygen atoms in total. The summed E-state index contributed by atoms with van der Waals surface area (Å²) in [6.45, 7) is 0. The second-order valence-corrected chi connectivity index (χ2v) is 6.82. The van der Waals surface area contributed by atoms with Crippen LogP contribution in [0.1, 0.15) is 10.6 Å². The number of furan rings is 1. The first-order valence-corrected chi connectivity index (χ1v) is 8.49. The first-order chi connectivity index (χ1) is 11.8. The molecular weight excluding hydrogens is 346 g/mol. The first kappa shape index (κ1) is 14.8. The van der Waals surface area contributed by atoms with E-state index < -0.39 is 0 Å². The molecule has 0 saturated carbocycles. The highest BCUT2D eigenvalue weighted by atomic mass is 32.2. The summed E-state index contributed by atoms with van der Waals surface area (Å²) < 4.78 is 5.72. The van der Waals surface area contributed by atoms with Crippen LogP contribution in [-0.4, -0.2) is 26.1 Å². The van der Waals surface area contributed by atoms with Gasteiger partial charge in [-0.3, -0.25) is 10.1 Å². The molecule has 0 atom stereocenters. The van der Waals surface area contributed by atoms with Crippen molar-refractivity contribution in [1.82, 2.24) is 20.2 Å². The van der Waals surface area contributed by atoms with Gasteiger partial charge in [-0.1, -0.05) is 29.5 Å². The van der Waals surface area contributed by atoms with E-state index >= 15 is 0 Å². The van der Waals surface area contributed by atoms with E-state index in [0.717, 1.165) is 15.9 Å². The molecule has 3 heterocycles. The second-order valence-electron chi connectivity index (χ2n) is 4.60. The van der Waals surface area contributed by atoms with Crippen molar-refractivity contribution in [2.24, 2.45) is 0 Å². The minimum Gasteiger partial charge on any atom is -0.459 e. The van der Waals surface area contributed by atoms with Gasteiger partial charge in [-0.05, 0) is 30.0 Å². The Hall–Kier alpha value is -2.78. The van der Waals surface area contributed by atoms with Gasteiger partial charge in [-0.25, -0.2) is 9.97 Å². The third-order valence-corrected chi connectivity index (χ3v) is 4.97. The van der Waals surface area contributed by atoms with Crippen molar-refractivity contribution >= 4 is 45.0 Å². The van der Waals surface area contributed by atoms with Crippen LogP contribution in [0.2, 0.25) is 0 Å². The van der Waals surface area contributed by atoms with Gasteiger partial charge in [0.15, 0.2) is 10.1 Å².